The van der Waals surface area contributed by atoms with Crippen molar-refractivity contribution in [2.45, 2.75) is 41.3 Å². The fraction of sp³-hybridized carbons (Fsp3) is 0.600. The standard InChI is InChI=1S/C15H22N2O6S2/c16-24(18,19)13-2-1-3-14(10-13)25(20,21)17-11-12-4-6-15(7-5-12)22-8-9-23-15/h1-3,10,12,17H,4-9,11H2,(H2,16,18,19). The third kappa shape index (κ3) is 4.39. The number of primary sulfonamides is 1. The van der Waals surface area contributed by atoms with Crippen LogP contribution >= 0.6 is 0 Å². The zero-order valence-electron chi connectivity index (χ0n) is 13.7. The van der Waals surface area contributed by atoms with E-state index in [1.807, 2.05) is 0 Å². The monoisotopic (exact) mass is 390 g/mol. The molecule has 0 atom stereocenters. The zero-order chi connectivity index (χ0) is 18.1. The minimum Gasteiger partial charge on any atom is -0.348 e. The van der Waals surface area contributed by atoms with Crippen molar-refractivity contribution in [3.05, 3.63) is 24.3 Å². The van der Waals surface area contributed by atoms with Crippen LogP contribution in [0.15, 0.2) is 34.1 Å². The number of sulfonamides is 2. The highest BCUT2D eigenvalue weighted by Gasteiger charge is 2.40. The molecule has 0 radical (unpaired) electrons. The van der Waals surface area contributed by atoms with Crippen molar-refractivity contribution in [1.82, 2.24) is 4.72 Å². The lowest BCUT2D eigenvalue weighted by molar-refractivity contribution is -0.182. The van der Waals surface area contributed by atoms with Gasteiger partial charge in [0.2, 0.25) is 20.0 Å². The third-order valence-electron chi connectivity index (χ3n) is 4.69. The van der Waals surface area contributed by atoms with Crippen molar-refractivity contribution in [3.63, 3.8) is 0 Å². The van der Waals surface area contributed by atoms with E-state index in [4.69, 9.17) is 14.6 Å². The van der Waals surface area contributed by atoms with Crippen LogP contribution in [-0.4, -0.2) is 42.4 Å². The van der Waals surface area contributed by atoms with Crippen LogP contribution in [-0.2, 0) is 29.5 Å². The van der Waals surface area contributed by atoms with E-state index < -0.39 is 25.8 Å². The van der Waals surface area contributed by atoms with Crippen molar-refractivity contribution in [1.29, 1.82) is 0 Å². The first-order chi connectivity index (χ1) is 11.7. The average Bonchev–Trinajstić information content (AvgIpc) is 3.02. The summed E-state index contributed by atoms with van der Waals surface area (Å²) in [5.41, 5.74) is 0. The van der Waals surface area contributed by atoms with Gasteiger partial charge in [0.05, 0.1) is 23.0 Å². The minimum atomic E-state index is -3.95. The second-order valence-corrected chi connectivity index (χ2v) is 9.75. The van der Waals surface area contributed by atoms with Crippen molar-refractivity contribution in [2.24, 2.45) is 11.1 Å². The molecule has 1 aliphatic heterocycles. The van der Waals surface area contributed by atoms with Gasteiger partial charge >= 0.3 is 0 Å². The second-order valence-electron chi connectivity index (χ2n) is 6.42. The van der Waals surface area contributed by atoms with Gasteiger partial charge in [0.25, 0.3) is 0 Å². The third-order valence-corrected chi connectivity index (χ3v) is 7.02. The molecule has 3 N–H and O–H groups in total. The molecule has 8 nitrogen and oxygen atoms in total. The van der Waals surface area contributed by atoms with Gasteiger partial charge in [0, 0.05) is 19.4 Å². The summed E-state index contributed by atoms with van der Waals surface area (Å²) >= 11 is 0. The van der Waals surface area contributed by atoms with Crippen LogP contribution in [0.25, 0.3) is 0 Å². The summed E-state index contributed by atoms with van der Waals surface area (Å²) in [6.45, 7) is 1.51. The molecule has 1 aromatic carbocycles. The van der Waals surface area contributed by atoms with Gasteiger partial charge in [-0.3, -0.25) is 0 Å². The maximum Gasteiger partial charge on any atom is 0.240 e. The van der Waals surface area contributed by atoms with E-state index in [1.54, 1.807) is 0 Å². The first-order valence-corrected chi connectivity index (χ1v) is 11.1. The van der Waals surface area contributed by atoms with E-state index in [-0.39, 0.29) is 22.3 Å². The Labute approximate surface area is 147 Å². The van der Waals surface area contributed by atoms with E-state index >= 15 is 0 Å². The van der Waals surface area contributed by atoms with E-state index in [0.717, 1.165) is 31.7 Å². The van der Waals surface area contributed by atoms with Crippen LogP contribution in [0.2, 0.25) is 0 Å². The highest BCUT2D eigenvalue weighted by Crippen LogP contribution is 2.38. The quantitative estimate of drug-likeness (QED) is 0.756. The first kappa shape index (κ1) is 18.7. The normalized spacial score (nSPS) is 21.6. The van der Waals surface area contributed by atoms with Gasteiger partial charge in [0.15, 0.2) is 5.79 Å². The number of hydrogen-bond donors (Lipinski definition) is 2. The highest BCUT2D eigenvalue weighted by atomic mass is 32.2. The lowest BCUT2D eigenvalue weighted by Crippen LogP contribution is -2.38. The molecule has 1 spiro atoms. The van der Waals surface area contributed by atoms with E-state index in [1.165, 1.54) is 18.2 Å². The van der Waals surface area contributed by atoms with Gasteiger partial charge < -0.3 is 9.47 Å². The van der Waals surface area contributed by atoms with Crippen molar-refractivity contribution in [2.75, 3.05) is 19.8 Å². The predicted molar refractivity (Wildman–Crippen MR) is 89.6 cm³/mol. The largest absolute Gasteiger partial charge is 0.348 e. The predicted octanol–water partition coefficient (Wildman–Crippen LogP) is 0.546. The summed E-state index contributed by atoms with van der Waals surface area (Å²) < 4.78 is 61.5. The van der Waals surface area contributed by atoms with Crippen LogP contribution < -0.4 is 9.86 Å². The Morgan fingerprint density at radius 1 is 1.08 bits per heavy atom. The molecule has 0 aromatic heterocycles. The van der Waals surface area contributed by atoms with Gasteiger partial charge in [-0.05, 0) is 37.0 Å². The molecule has 140 valence electrons. The number of nitrogens with two attached hydrogens (primary N) is 1. The van der Waals surface area contributed by atoms with Gasteiger partial charge in [-0.2, -0.15) is 0 Å². The molecule has 0 unspecified atom stereocenters. The maximum absolute atomic E-state index is 12.4. The Kier molecular flexibility index (Phi) is 5.20. The van der Waals surface area contributed by atoms with Crippen LogP contribution in [0.1, 0.15) is 25.7 Å². The molecule has 2 fully saturated rings. The Morgan fingerprint density at radius 2 is 1.68 bits per heavy atom. The van der Waals surface area contributed by atoms with Crippen LogP contribution in [0.4, 0.5) is 0 Å². The SMILES string of the molecule is NS(=O)(=O)c1cccc(S(=O)(=O)NCC2CCC3(CC2)OCCO3)c1. The van der Waals surface area contributed by atoms with E-state index in [2.05, 4.69) is 4.72 Å². The molecule has 1 heterocycles. The molecule has 2 aliphatic rings. The summed E-state index contributed by atoms with van der Waals surface area (Å²) in [5, 5.41) is 5.05. The van der Waals surface area contributed by atoms with Gasteiger partial charge in [-0.1, -0.05) is 6.07 Å². The first-order valence-electron chi connectivity index (χ1n) is 8.11. The van der Waals surface area contributed by atoms with Gasteiger partial charge in [-0.25, -0.2) is 26.7 Å². The molecule has 10 heteroatoms. The average molecular weight is 390 g/mol. The number of nitrogens with one attached hydrogen (secondary N) is 1. The molecule has 1 saturated heterocycles. The molecule has 1 saturated carbocycles. The Bertz CT molecular complexity index is 821. The Hall–Kier alpha value is -1.04. The maximum atomic E-state index is 12.4. The number of benzene rings is 1. The fourth-order valence-corrected chi connectivity index (χ4v) is 5.03. The van der Waals surface area contributed by atoms with Crippen LogP contribution in [0, 0.1) is 5.92 Å². The molecule has 25 heavy (non-hydrogen) atoms. The number of ether oxygens (including phenoxy) is 2. The smallest absolute Gasteiger partial charge is 0.240 e. The van der Waals surface area contributed by atoms with Crippen LogP contribution in [0.5, 0.6) is 0 Å². The summed E-state index contributed by atoms with van der Waals surface area (Å²) in [6, 6.07) is 5.02. The van der Waals surface area contributed by atoms with Crippen molar-refractivity contribution >= 4 is 20.0 Å². The lowest BCUT2D eigenvalue weighted by Gasteiger charge is -2.35. The molecule has 1 aliphatic carbocycles. The molecule has 1 aromatic rings. The summed E-state index contributed by atoms with van der Waals surface area (Å²) in [6.07, 6.45) is 3.11. The summed E-state index contributed by atoms with van der Waals surface area (Å²) in [7, 11) is -7.76. The Balaban J connectivity index is 1.61. The van der Waals surface area contributed by atoms with E-state index in [9.17, 15) is 16.8 Å². The second kappa shape index (κ2) is 6.93. The van der Waals surface area contributed by atoms with Gasteiger partial charge in [0.1, 0.15) is 0 Å². The lowest BCUT2D eigenvalue weighted by atomic mass is 9.85. The molecular formula is C15H22N2O6S2. The molecule has 3 rings (SSSR count). The van der Waals surface area contributed by atoms with Crippen LogP contribution in [0.3, 0.4) is 0 Å². The molecular weight excluding hydrogens is 368 g/mol. The van der Waals surface area contributed by atoms with Crippen molar-refractivity contribution in [3.8, 4) is 0 Å². The topological polar surface area (TPSA) is 125 Å². The van der Waals surface area contributed by atoms with E-state index in [0.29, 0.717) is 13.2 Å². The molecule has 0 amide bonds. The van der Waals surface area contributed by atoms with Crippen molar-refractivity contribution < 1.29 is 26.3 Å². The number of rotatable bonds is 5. The highest BCUT2D eigenvalue weighted by molar-refractivity contribution is 7.90. The minimum absolute atomic E-state index is 0.117. The van der Waals surface area contributed by atoms with Gasteiger partial charge in [-0.15, -0.1) is 0 Å². The summed E-state index contributed by atoms with van der Waals surface area (Å²) in [4.78, 5) is -0.348. The summed E-state index contributed by atoms with van der Waals surface area (Å²) in [5.74, 6) is -0.284. The number of hydrogen-bond acceptors (Lipinski definition) is 6. The fourth-order valence-electron chi connectivity index (χ4n) is 3.24. The zero-order valence-corrected chi connectivity index (χ0v) is 15.3. The molecule has 0 bridgehead atoms. The Morgan fingerprint density at radius 3 is 2.28 bits per heavy atom.